The second kappa shape index (κ2) is 8.29. The topological polar surface area (TPSA) is 98.5 Å². The Bertz CT molecular complexity index is 1220. The van der Waals surface area contributed by atoms with E-state index in [0.717, 1.165) is 32.4 Å². The van der Waals surface area contributed by atoms with Gasteiger partial charge < -0.3 is 5.32 Å². The van der Waals surface area contributed by atoms with Crippen LogP contribution in [0.25, 0.3) is 16.4 Å². The predicted octanol–water partition coefficient (Wildman–Crippen LogP) is 3.94. The number of hydrogen-bond donors (Lipinski definition) is 1. The lowest BCUT2D eigenvalue weighted by molar-refractivity contribution is -0.115. The molecule has 4 aromatic rings. The maximum atomic E-state index is 12.7. The molecule has 0 fully saturated rings. The van der Waals surface area contributed by atoms with Crippen LogP contribution in [0.15, 0.2) is 36.9 Å². The zero-order chi connectivity index (χ0) is 21.3. The third kappa shape index (κ3) is 4.07. The first-order valence-corrected chi connectivity index (χ1v) is 10.3. The lowest BCUT2D eigenvalue weighted by Crippen LogP contribution is -2.16. The van der Waals surface area contributed by atoms with Crippen LogP contribution in [0.2, 0.25) is 5.15 Å². The molecule has 0 saturated carbocycles. The minimum atomic E-state index is -0.163. The van der Waals surface area contributed by atoms with Crippen molar-refractivity contribution in [1.82, 2.24) is 29.7 Å². The molecule has 0 spiro atoms. The highest BCUT2D eigenvalue weighted by molar-refractivity contribution is 7.15. The number of hydrogen-bond acceptors (Lipinski definition) is 7. The second-order valence-electron chi connectivity index (χ2n) is 6.65. The highest BCUT2D eigenvalue weighted by Crippen LogP contribution is 2.30. The Hall–Kier alpha value is -3.17. The molecule has 4 aromatic heterocycles. The van der Waals surface area contributed by atoms with Gasteiger partial charge in [-0.1, -0.05) is 11.6 Å². The highest BCUT2D eigenvalue weighted by atomic mass is 35.5. The number of aryl methyl sites for hydroxylation is 2. The van der Waals surface area contributed by atoms with Crippen LogP contribution in [0.4, 0.5) is 5.82 Å². The van der Waals surface area contributed by atoms with Gasteiger partial charge in [0.1, 0.15) is 16.0 Å². The van der Waals surface area contributed by atoms with Crippen molar-refractivity contribution in [3.8, 4) is 16.4 Å². The molecule has 152 valence electrons. The monoisotopic (exact) mass is 439 g/mol. The largest absolute Gasteiger partial charge is 0.309 e. The zero-order valence-electron chi connectivity index (χ0n) is 16.5. The van der Waals surface area contributed by atoms with E-state index < -0.39 is 0 Å². The number of anilines is 1. The summed E-state index contributed by atoms with van der Waals surface area (Å²) in [5, 5.41) is 8.51. The second-order valence-corrected chi connectivity index (χ2v) is 8.24. The lowest BCUT2D eigenvalue weighted by Gasteiger charge is -2.05. The molecule has 10 heteroatoms. The van der Waals surface area contributed by atoms with Crippen LogP contribution in [0.3, 0.4) is 0 Å². The maximum absolute atomic E-state index is 12.7. The normalized spacial score (nSPS) is 10.9. The van der Waals surface area contributed by atoms with E-state index in [1.807, 2.05) is 32.9 Å². The molecular weight excluding hydrogens is 422 g/mol. The molecule has 0 aliphatic carbocycles. The van der Waals surface area contributed by atoms with Gasteiger partial charge in [-0.25, -0.2) is 14.6 Å². The first-order valence-electron chi connectivity index (χ1n) is 9.13. The van der Waals surface area contributed by atoms with Gasteiger partial charge in [-0.3, -0.25) is 14.8 Å². The molecule has 0 radical (unpaired) electrons. The number of carbonyl (C=O) groups is 1. The first-order chi connectivity index (χ1) is 14.4. The van der Waals surface area contributed by atoms with Gasteiger partial charge in [0, 0.05) is 34.1 Å². The van der Waals surface area contributed by atoms with Gasteiger partial charge >= 0.3 is 0 Å². The molecule has 0 aliphatic rings. The van der Waals surface area contributed by atoms with Crippen molar-refractivity contribution in [2.24, 2.45) is 0 Å². The Morgan fingerprint density at radius 1 is 1.17 bits per heavy atom. The molecule has 0 unspecified atom stereocenters. The number of aromatic nitrogens is 6. The lowest BCUT2D eigenvalue weighted by atomic mass is 10.1. The first kappa shape index (κ1) is 20.1. The molecule has 0 saturated heterocycles. The van der Waals surface area contributed by atoms with Gasteiger partial charge in [0.05, 0.1) is 24.5 Å². The van der Waals surface area contributed by atoms with Crippen molar-refractivity contribution in [2.45, 2.75) is 27.2 Å². The summed E-state index contributed by atoms with van der Waals surface area (Å²) in [5.74, 6) is 0.905. The summed E-state index contributed by atoms with van der Waals surface area (Å²) in [6.45, 7) is 5.68. The van der Waals surface area contributed by atoms with Crippen LogP contribution >= 0.6 is 22.9 Å². The Balaban J connectivity index is 1.53. The Labute approximate surface area is 182 Å². The molecule has 4 heterocycles. The minimum Gasteiger partial charge on any atom is -0.309 e. The van der Waals surface area contributed by atoms with Gasteiger partial charge in [-0.05, 0) is 32.9 Å². The van der Waals surface area contributed by atoms with E-state index in [4.69, 9.17) is 11.6 Å². The van der Waals surface area contributed by atoms with E-state index in [1.165, 1.54) is 17.5 Å². The van der Waals surface area contributed by atoms with Gasteiger partial charge in [0.25, 0.3) is 0 Å². The summed E-state index contributed by atoms with van der Waals surface area (Å²) in [4.78, 5) is 30.6. The van der Waals surface area contributed by atoms with E-state index in [-0.39, 0.29) is 17.5 Å². The van der Waals surface area contributed by atoms with E-state index >= 15 is 0 Å². The number of amides is 1. The smallest absolute Gasteiger partial charge is 0.230 e. The summed E-state index contributed by atoms with van der Waals surface area (Å²) in [6, 6.07) is 3.80. The SMILES string of the molecule is Cc1nn(-c2cncc(Cl)n2)c(C)c1CC(=O)Nc1nc(-c2cccnc2)sc1C. The van der Waals surface area contributed by atoms with E-state index in [2.05, 4.69) is 30.4 Å². The average molecular weight is 440 g/mol. The molecular formula is C20H18ClN7OS. The van der Waals surface area contributed by atoms with Crippen molar-refractivity contribution < 1.29 is 4.79 Å². The van der Waals surface area contributed by atoms with Crippen LogP contribution < -0.4 is 5.32 Å². The van der Waals surface area contributed by atoms with Crippen LogP contribution in [0, 0.1) is 20.8 Å². The van der Waals surface area contributed by atoms with Crippen molar-refractivity contribution in [2.75, 3.05) is 5.32 Å². The summed E-state index contributed by atoms with van der Waals surface area (Å²) in [7, 11) is 0. The van der Waals surface area contributed by atoms with Gasteiger partial charge in [-0.2, -0.15) is 5.10 Å². The third-order valence-corrected chi connectivity index (χ3v) is 5.75. The van der Waals surface area contributed by atoms with Crippen LogP contribution in [-0.4, -0.2) is 35.6 Å². The highest BCUT2D eigenvalue weighted by Gasteiger charge is 2.19. The van der Waals surface area contributed by atoms with Gasteiger partial charge in [0.15, 0.2) is 5.82 Å². The fourth-order valence-corrected chi connectivity index (χ4v) is 4.05. The molecule has 0 aromatic carbocycles. The molecule has 0 atom stereocenters. The molecule has 1 N–H and O–H groups in total. The average Bonchev–Trinajstić information content (AvgIpc) is 3.23. The standard InChI is InChI=1S/C20H18ClN7OS/c1-11-15(12(2)28(27-11)17-10-23-9-16(21)24-17)7-18(29)25-19-13(3)30-20(26-19)14-5-4-6-22-8-14/h4-6,8-10H,7H2,1-3H3,(H,25,29). The summed E-state index contributed by atoms with van der Waals surface area (Å²) in [5.41, 5.74) is 3.30. The molecule has 4 rings (SSSR count). The number of thiazole rings is 1. The number of carbonyl (C=O) groups excluding carboxylic acids is 1. The number of nitrogens with one attached hydrogen (secondary N) is 1. The number of halogens is 1. The fraction of sp³-hybridized carbons (Fsp3) is 0.200. The zero-order valence-corrected chi connectivity index (χ0v) is 18.1. The van der Waals surface area contributed by atoms with Crippen molar-refractivity contribution >= 4 is 34.7 Å². The van der Waals surface area contributed by atoms with Gasteiger partial charge in [0.2, 0.25) is 5.91 Å². The molecule has 0 bridgehead atoms. The summed E-state index contributed by atoms with van der Waals surface area (Å²) in [6.07, 6.45) is 6.68. The predicted molar refractivity (Wildman–Crippen MR) is 116 cm³/mol. The van der Waals surface area contributed by atoms with E-state index in [1.54, 1.807) is 23.3 Å². The molecule has 30 heavy (non-hydrogen) atoms. The third-order valence-electron chi connectivity index (χ3n) is 4.55. The van der Waals surface area contributed by atoms with Crippen molar-refractivity contribution in [3.63, 3.8) is 0 Å². The molecule has 8 nitrogen and oxygen atoms in total. The Kier molecular flexibility index (Phi) is 5.56. The number of nitrogens with zero attached hydrogens (tertiary/aromatic N) is 6. The van der Waals surface area contributed by atoms with Crippen molar-refractivity contribution in [3.05, 3.63) is 63.9 Å². The van der Waals surface area contributed by atoms with Gasteiger partial charge in [-0.15, -0.1) is 11.3 Å². The Morgan fingerprint density at radius 3 is 2.73 bits per heavy atom. The minimum absolute atomic E-state index is 0.163. The number of rotatable bonds is 5. The maximum Gasteiger partial charge on any atom is 0.230 e. The quantitative estimate of drug-likeness (QED) is 0.505. The Morgan fingerprint density at radius 2 is 2.00 bits per heavy atom. The van der Waals surface area contributed by atoms with Crippen LogP contribution in [-0.2, 0) is 11.2 Å². The van der Waals surface area contributed by atoms with E-state index in [9.17, 15) is 4.79 Å². The van der Waals surface area contributed by atoms with Crippen LogP contribution in [0.5, 0.6) is 0 Å². The summed E-state index contributed by atoms with van der Waals surface area (Å²) >= 11 is 7.46. The molecule has 0 aliphatic heterocycles. The van der Waals surface area contributed by atoms with E-state index in [0.29, 0.717) is 11.6 Å². The van der Waals surface area contributed by atoms with Crippen LogP contribution in [0.1, 0.15) is 21.8 Å². The number of pyridine rings is 1. The fourth-order valence-electron chi connectivity index (χ4n) is 3.05. The van der Waals surface area contributed by atoms with Crippen molar-refractivity contribution in [1.29, 1.82) is 0 Å². The molecule has 1 amide bonds. The summed E-state index contributed by atoms with van der Waals surface area (Å²) < 4.78 is 1.64.